The molecule has 0 aliphatic carbocycles. The first-order valence-electron chi connectivity index (χ1n) is 9.34. The number of benzene rings is 2. The number of nitrogens with zero attached hydrogens (tertiary/aromatic N) is 2. The second-order valence-electron chi connectivity index (χ2n) is 6.97. The molecule has 0 atom stereocenters. The fourth-order valence-electron chi connectivity index (χ4n) is 3.42. The van der Waals surface area contributed by atoms with E-state index in [-0.39, 0.29) is 11.8 Å². The molecule has 2 aromatic rings. The van der Waals surface area contributed by atoms with Gasteiger partial charge in [0.2, 0.25) is 5.91 Å². The Balaban J connectivity index is 1.41. The third kappa shape index (κ3) is 4.15. The SMILES string of the molecule is CN(Cc1ccc(N2CCOCC2)cc1)C(=O)c1ccc2c(c1)NC(=O)CS2. The maximum absolute atomic E-state index is 12.8. The number of hydrogen-bond donors (Lipinski definition) is 1. The number of hydrogen-bond acceptors (Lipinski definition) is 5. The highest BCUT2D eigenvalue weighted by atomic mass is 32.2. The molecule has 2 aromatic carbocycles. The molecule has 0 spiro atoms. The first-order valence-corrected chi connectivity index (χ1v) is 10.3. The fraction of sp³-hybridized carbons (Fsp3) is 0.333. The molecule has 0 saturated carbocycles. The zero-order valence-electron chi connectivity index (χ0n) is 15.8. The second-order valence-corrected chi connectivity index (χ2v) is 7.99. The van der Waals surface area contributed by atoms with E-state index in [4.69, 9.17) is 4.74 Å². The minimum atomic E-state index is -0.0649. The molecule has 146 valence electrons. The summed E-state index contributed by atoms with van der Waals surface area (Å²) in [5.41, 5.74) is 3.56. The third-order valence-corrected chi connectivity index (χ3v) is 6.01. The quantitative estimate of drug-likeness (QED) is 0.860. The largest absolute Gasteiger partial charge is 0.378 e. The van der Waals surface area contributed by atoms with Crippen molar-refractivity contribution in [3.05, 3.63) is 53.6 Å². The van der Waals surface area contributed by atoms with Gasteiger partial charge in [0.15, 0.2) is 0 Å². The van der Waals surface area contributed by atoms with Gasteiger partial charge in [-0.1, -0.05) is 12.1 Å². The normalized spacial score (nSPS) is 16.3. The lowest BCUT2D eigenvalue weighted by Crippen LogP contribution is -2.36. The summed E-state index contributed by atoms with van der Waals surface area (Å²) in [6, 6.07) is 13.8. The molecule has 1 N–H and O–H groups in total. The van der Waals surface area contributed by atoms with Crippen LogP contribution in [0.5, 0.6) is 0 Å². The van der Waals surface area contributed by atoms with Crippen molar-refractivity contribution >= 4 is 35.0 Å². The number of fused-ring (bicyclic) bond motifs is 1. The van der Waals surface area contributed by atoms with Crippen LogP contribution in [-0.2, 0) is 16.1 Å². The number of carbonyl (C=O) groups is 2. The highest BCUT2D eigenvalue weighted by Crippen LogP contribution is 2.32. The number of carbonyl (C=O) groups excluding carboxylic acids is 2. The van der Waals surface area contributed by atoms with Gasteiger partial charge in [-0.2, -0.15) is 0 Å². The standard InChI is InChI=1S/C21H23N3O3S/c1-23(13-15-2-5-17(6-3-15)24-8-10-27-11-9-24)21(26)16-4-7-19-18(12-16)22-20(25)14-28-19/h2-7,12H,8-11,13-14H2,1H3,(H,22,25). The number of nitrogens with one attached hydrogen (secondary N) is 1. The summed E-state index contributed by atoms with van der Waals surface area (Å²) < 4.78 is 5.40. The van der Waals surface area contributed by atoms with E-state index in [1.807, 2.05) is 12.1 Å². The Hall–Kier alpha value is -2.51. The predicted molar refractivity (Wildman–Crippen MR) is 111 cm³/mol. The van der Waals surface area contributed by atoms with Gasteiger partial charge >= 0.3 is 0 Å². The molecule has 0 aromatic heterocycles. The lowest BCUT2D eigenvalue weighted by atomic mass is 10.1. The van der Waals surface area contributed by atoms with Crippen molar-refractivity contribution in [3.8, 4) is 0 Å². The van der Waals surface area contributed by atoms with Gasteiger partial charge in [0, 0.05) is 42.8 Å². The van der Waals surface area contributed by atoms with E-state index in [1.54, 1.807) is 18.0 Å². The van der Waals surface area contributed by atoms with Gasteiger partial charge in [-0.05, 0) is 35.9 Å². The maximum Gasteiger partial charge on any atom is 0.253 e. The van der Waals surface area contributed by atoms with Crippen LogP contribution in [0.2, 0.25) is 0 Å². The first-order chi connectivity index (χ1) is 13.6. The van der Waals surface area contributed by atoms with Gasteiger partial charge in [-0.15, -0.1) is 11.8 Å². The zero-order chi connectivity index (χ0) is 19.5. The van der Waals surface area contributed by atoms with E-state index < -0.39 is 0 Å². The number of thioether (sulfide) groups is 1. The molecule has 6 nitrogen and oxygen atoms in total. The monoisotopic (exact) mass is 397 g/mol. The fourth-order valence-corrected chi connectivity index (χ4v) is 4.20. The molecule has 2 heterocycles. The molecular weight excluding hydrogens is 374 g/mol. The van der Waals surface area contributed by atoms with Gasteiger partial charge in [-0.3, -0.25) is 9.59 Å². The van der Waals surface area contributed by atoms with Crippen molar-refractivity contribution in [2.45, 2.75) is 11.4 Å². The number of amides is 2. The average molecular weight is 398 g/mol. The molecular formula is C21H23N3O3S. The Morgan fingerprint density at radius 3 is 2.68 bits per heavy atom. The summed E-state index contributed by atoms with van der Waals surface area (Å²) in [5, 5.41) is 2.84. The summed E-state index contributed by atoms with van der Waals surface area (Å²) in [6.45, 7) is 3.87. The number of anilines is 2. The van der Waals surface area contributed by atoms with Crippen LogP contribution < -0.4 is 10.2 Å². The molecule has 4 rings (SSSR count). The molecule has 2 aliphatic heterocycles. The third-order valence-electron chi connectivity index (χ3n) is 4.94. The van der Waals surface area contributed by atoms with E-state index in [2.05, 4.69) is 34.5 Å². The van der Waals surface area contributed by atoms with E-state index >= 15 is 0 Å². The lowest BCUT2D eigenvalue weighted by Gasteiger charge is -2.29. The van der Waals surface area contributed by atoms with Crippen molar-refractivity contribution in [1.82, 2.24) is 4.90 Å². The first kappa shape index (κ1) is 18.8. The van der Waals surface area contributed by atoms with E-state index in [0.29, 0.717) is 17.9 Å². The van der Waals surface area contributed by atoms with E-state index in [0.717, 1.165) is 42.4 Å². The summed E-state index contributed by atoms with van der Waals surface area (Å²) in [5.74, 6) is 0.321. The van der Waals surface area contributed by atoms with Crippen molar-refractivity contribution < 1.29 is 14.3 Å². The molecule has 1 saturated heterocycles. The Morgan fingerprint density at radius 2 is 1.93 bits per heavy atom. The van der Waals surface area contributed by atoms with Crippen LogP contribution in [-0.4, -0.2) is 55.8 Å². The summed E-state index contributed by atoms with van der Waals surface area (Å²) in [4.78, 5) is 29.4. The van der Waals surface area contributed by atoms with Crippen LogP contribution in [0, 0.1) is 0 Å². The molecule has 1 fully saturated rings. The molecule has 7 heteroatoms. The number of rotatable bonds is 4. The van der Waals surface area contributed by atoms with Crippen LogP contribution in [0.4, 0.5) is 11.4 Å². The minimum Gasteiger partial charge on any atom is -0.378 e. The second kappa shape index (κ2) is 8.24. The summed E-state index contributed by atoms with van der Waals surface area (Å²) in [6.07, 6.45) is 0. The van der Waals surface area contributed by atoms with E-state index in [9.17, 15) is 9.59 Å². The molecule has 0 bridgehead atoms. The number of morpholine rings is 1. The van der Waals surface area contributed by atoms with Gasteiger partial charge in [0.25, 0.3) is 5.91 Å². The van der Waals surface area contributed by atoms with Crippen LogP contribution >= 0.6 is 11.8 Å². The Kier molecular flexibility index (Phi) is 5.54. The Bertz CT molecular complexity index is 879. The van der Waals surface area contributed by atoms with Crippen LogP contribution in [0.15, 0.2) is 47.4 Å². The van der Waals surface area contributed by atoms with Crippen molar-refractivity contribution in [2.75, 3.05) is 49.3 Å². The van der Waals surface area contributed by atoms with Crippen LogP contribution in [0.1, 0.15) is 15.9 Å². The van der Waals surface area contributed by atoms with Gasteiger partial charge in [0.1, 0.15) is 0 Å². The molecule has 2 aliphatic rings. The summed E-state index contributed by atoms with van der Waals surface area (Å²) in [7, 11) is 1.80. The molecule has 0 radical (unpaired) electrons. The average Bonchev–Trinajstić information content (AvgIpc) is 2.73. The highest BCUT2D eigenvalue weighted by Gasteiger charge is 2.19. The van der Waals surface area contributed by atoms with E-state index in [1.165, 1.54) is 17.4 Å². The Labute approximate surface area is 168 Å². The van der Waals surface area contributed by atoms with Gasteiger partial charge in [0.05, 0.1) is 24.7 Å². The van der Waals surface area contributed by atoms with Gasteiger partial charge in [-0.25, -0.2) is 0 Å². The molecule has 28 heavy (non-hydrogen) atoms. The summed E-state index contributed by atoms with van der Waals surface area (Å²) >= 11 is 1.49. The van der Waals surface area contributed by atoms with Crippen molar-refractivity contribution in [1.29, 1.82) is 0 Å². The molecule has 2 amide bonds. The van der Waals surface area contributed by atoms with Crippen LogP contribution in [0.25, 0.3) is 0 Å². The minimum absolute atomic E-state index is 0.0317. The zero-order valence-corrected chi connectivity index (χ0v) is 16.6. The molecule has 0 unspecified atom stereocenters. The Morgan fingerprint density at radius 1 is 1.18 bits per heavy atom. The highest BCUT2D eigenvalue weighted by molar-refractivity contribution is 8.00. The lowest BCUT2D eigenvalue weighted by molar-refractivity contribution is -0.113. The van der Waals surface area contributed by atoms with Gasteiger partial charge < -0.3 is 19.9 Å². The topological polar surface area (TPSA) is 61.9 Å². The number of ether oxygens (including phenoxy) is 1. The van der Waals surface area contributed by atoms with Crippen molar-refractivity contribution in [2.24, 2.45) is 0 Å². The smallest absolute Gasteiger partial charge is 0.253 e. The van der Waals surface area contributed by atoms with Crippen LogP contribution in [0.3, 0.4) is 0 Å². The maximum atomic E-state index is 12.8. The van der Waals surface area contributed by atoms with Crippen molar-refractivity contribution in [3.63, 3.8) is 0 Å². The predicted octanol–water partition coefficient (Wildman–Crippen LogP) is 2.84.